The van der Waals surface area contributed by atoms with Crippen LogP contribution in [0.1, 0.15) is 50.4 Å². The van der Waals surface area contributed by atoms with E-state index in [2.05, 4.69) is 43.1 Å². The third-order valence-corrected chi connectivity index (χ3v) is 6.15. The fourth-order valence-electron chi connectivity index (χ4n) is 3.40. The van der Waals surface area contributed by atoms with Gasteiger partial charge in [0.05, 0.1) is 12.3 Å². The lowest BCUT2D eigenvalue weighted by atomic mass is 10.0. The summed E-state index contributed by atoms with van der Waals surface area (Å²) >= 11 is 1.52. The van der Waals surface area contributed by atoms with Gasteiger partial charge in [0.25, 0.3) is 0 Å². The van der Waals surface area contributed by atoms with Crippen molar-refractivity contribution in [2.45, 2.75) is 52.7 Å². The summed E-state index contributed by atoms with van der Waals surface area (Å²) in [4.78, 5) is 16.0. The van der Waals surface area contributed by atoms with Gasteiger partial charge in [-0.25, -0.2) is 14.2 Å². The predicted molar refractivity (Wildman–Crippen MR) is 130 cm³/mol. The highest BCUT2D eigenvalue weighted by atomic mass is 32.1. The van der Waals surface area contributed by atoms with E-state index in [1.165, 1.54) is 29.0 Å². The van der Waals surface area contributed by atoms with Crippen molar-refractivity contribution in [3.05, 3.63) is 64.4 Å². The Hall–Kier alpha value is -2.97. The van der Waals surface area contributed by atoms with Crippen LogP contribution in [0.2, 0.25) is 0 Å². The van der Waals surface area contributed by atoms with Gasteiger partial charge in [0.1, 0.15) is 17.4 Å². The first-order chi connectivity index (χ1) is 16.3. The summed E-state index contributed by atoms with van der Waals surface area (Å²) in [6, 6.07) is 11.0. The zero-order chi connectivity index (χ0) is 24.7. The molecule has 2 aromatic carbocycles. The first-order valence-electron chi connectivity index (χ1n) is 11.3. The van der Waals surface area contributed by atoms with Gasteiger partial charge in [0.2, 0.25) is 0 Å². The van der Waals surface area contributed by atoms with E-state index in [1.54, 1.807) is 6.92 Å². The van der Waals surface area contributed by atoms with E-state index in [0.717, 1.165) is 16.3 Å². The van der Waals surface area contributed by atoms with Crippen LogP contribution < -0.4 is 9.47 Å². The van der Waals surface area contributed by atoms with Gasteiger partial charge in [-0.15, -0.1) is 11.3 Å². The molecule has 0 radical (unpaired) electrons. The number of carboxylic acid groups (broad SMARTS) is 1. The number of halogens is 1. The second kappa shape index (κ2) is 11.9. The average Bonchev–Trinajstić information content (AvgIpc) is 3.29. The molecule has 1 aromatic heterocycles. The Morgan fingerprint density at radius 1 is 1.09 bits per heavy atom. The molecular formula is C26H30FNO5S. The Morgan fingerprint density at radius 3 is 2.41 bits per heavy atom. The minimum absolute atomic E-state index is 0.111. The summed E-state index contributed by atoms with van der Waals surface area (Å²) in [6.07, 6.45) is -1.25. The molecule has 182 valence electrons. The van der Waals surface area contributed by atoms with E-state index in [1.807, 2.05) is 12.3 Å². The second-order valence-corrected chi connectivity index (χ2v) is 8.88. The Morgan fingerprint density at radius 2 is 1.79 bits per heavy atom. The molecule has 6 nitrogen and oxygen atoms in total. The Kier molecular flexibility index (Phi) is 9.01. The number of carbonyl (C=O) groups is 1. The van der Waals surface area contributed by atoms with Crippen LogP contribution in [0.15, 0.2) is 41.8 Å². The van der Waals surface area contributed by atoms with E-state index in [9.17, 15) is 14.3 Å². The van der Waals surface area contributed by atoms with Gasteiger partial charge in [0, 0.05) is 30.0 Å². The van der Waals surface area contributed by atoms with Gasteiger partial charge in [0.15, 0.2) is 17.6 Å². The summed E-state index contributed by atoms with van der Waals surface area (Å²) < 4.78 is 31.5. The molecule has 1 unspecified atom stereocenters. The van der Waals surface area contributed by atoms with Gasteiger partial charge in [-0.3, -0.25) is 0 Å². The monoisotopic (exact) mass is 487 g/mol. The van der Waals surface area contributed by atoms with Crippen LogP contribution in [-0.4, -0.2) is 35.4 Å². The smallest absolute Gasteiger partial charge is 0.333 e. The summed E-state index contributed by atoms with van der Waals surface area (Å²) in [5.74, 6) is -0.664. The van der Waals surface area contributed by atoms with Crippen LogP contribution in [0.4, 0.5) is 4.39 Å². The van der Waals surface area contributed by atoms with Crippen LogP contribution in [0.25, 0.3) is 10.6 Å². The number of hydrogen-bond donors (Lipinski definition) is 1. The molecule has 0 aliphatic rings. The Balaban J connectivity index is 1.74. The second-order valence-electron chi connectivity index (χ2n) is 8.02. The van der Waals surface area contributed by atoms with Crippen molar-refractivity contribution in [2.75, 3.05) is 13.2 Å². The number of aliphatic carboxylic acids is 1. The molecule has 0 saturated carbocycles. The van der Waals surface area contributed by atoms with Gasteiger partial charge >= 0.3 is 5.97 Å². The summed E-state index contributed by atoms with van der Waals surface area (Å²) in [5.41, 5.74) is 3.22. The molecule has 1 N–H and O–H groups in total. The van der Waals surface area contributed by atoms with Crippen molar-refractivity contribution in [1.82, 2.24) is 4.98 Å². The maximum absolute atomic E-state index is 14.8. The van der Waals surface area contributed by atoms with Crippen LogP contribution in [0.5, 0.6) is 11.5 Å². The van der Waals surface area contributed by atoms with Crippen LogP contribution in [0, 0.1) is 5.82 Å². The number of thiazole rings is 1. The summed E-state index contributed by atoms with van der Waals surface area (Å²) in [5, 5.41) is 12.1. The minimum Gasteiger partial charge on any atom is -0.490 e. The van der Waals surface area contributed by atoms with Gasteiger partial charge in [-0.2, -0.15) is 0 Å². The zero-order valence-electron chi connectivity index (χ0n) is 19.8. The SMILES string of the molecule is CCOc1cc(CC(OCC)C(=O)O)c(F)cc1OCc1csc(-c2ccc(C(C)C)cc2)n1. The number of rotatable bonds is 12. The molecular weight excluding hydrogens is 457 g/mol. The normalized spacial score (nSPS) is 12.1. The Labute approximate surface area is 203 Å². The number of benzene rings is 2. The van der Waals surface area contributed by atoms with Crippen LogP contribution in [-0.2, 0) is 22.6 Å². The molecule has 0 aliphatic heterocycles. The maximum atomic E-state index is 14.8. The van der Waals surface area contributed by atoms with Gasteiger partial charge < -0.3 is 19.3 Å². The lowest BCUT2D eigenvalue weighted by Gasteiger charge is -2.16. The minimum atomic E-state index is -1.14. The third-order valence-electron chi connectivity index (χ3n) is 5.21. The molecule has 0 saturated heterocycles. The first-order valence-corrected chi connectivity index (χ1v) is 12.2. The van der Waals surface area contributed by atoms with Crippen LogP contribution in [0.3, 0.4) is 0 Å². The van der Waals surface area contributed by atoms with E-state index in [0.29, 0.717) is 18.3 Å². The number of hydrogen-bond acceptors (Lipinski definition) is 6. The molecule has 1 heterocycles. The van der Waals surface area contributed by atoms with E-state index < -0.39 is 17.9 Å². The Bertz CT molecular complexity index is 1100. The molecule has 3 aromatic rings. The molecule has 0 bridgehead atoms. The maximum Gasteiger partial charge on any atom is 0.333 e. The molecule has 1 atom stereocenters. The van der Waals surface area contributed by atoms with Crippen LogP contribution >= 0.6 is 11.3 Å². The third kappa shape index (κ3) is 6.55. The predicted octanol–water partition coefficient (Wildman–Crippen LogP) is 6.08. The van der Waals surface area contributed by atoms with Gasteiger partial charge in [-0.05, 0) is 37.0 Å². The summed E-state index contributed by atoms with van der Waals surface area (Å²) in [6.45, 7) is 8.53. The highest BCUT2D eigenvalue weighted by Gasteiger charge is 2.22. The fourth-order valence-corrected chi connectivity index (χ4v) is 4.21. The van der Waals surface area contributed by atoms with Crippen molar-refractivity contribution < 1.29 is 28.5 Å². The molecule has 0 spiro atoms. The number of carboxylic acids is 1. The standard InChI is InChI=1S/C26H30FNO5S/c1-5-31-22-11-19(12-24(26(29)30)32-6-2)21(27)13-23(22)33-14-20-15-34-25(28-20)18-9-7-17(8-10-18)16(3)4/h7-11,13,15-16,24H,5-6,12,14H2,1-4H3,(H,29,30). The van der Waals surface area contributed by atoms with E-state index >= 15 is 0 Å². The van der Waals surface area contributed by atoms with Crippen molar-refractivity contribution >= 4 is 17.3 Å². The highest BCUT2D eigenvalue weighted by molar-refractivity contribution is 7.13. The lowest BCUT2D eigenvalue weighted by molar-refractivity contribution is -0.150. The molecule has 3 rings (SSSR count). The van der Waals surface area contributed by atoms with Gasteiger partial charge in [-0.1, -0.05) is 38.1 Å². The number of aromatic nitrogens is 1. The quantitative estimate of drug-likeness (QED) is 0.333. The van der Waals surface area contributed by atoms with Crippen molar-refractivity contribution in [1.29, 1.82) is 0 Å². The first kappa shape index (κ1) is 25.6. The molecule has 34 heavy (non-hydrogen) atoms. The highest BCUT2D eigenvalue weighted by Crippen LogP contribution is 2.33. The molecule has 8 heteroatoms. The average molecular weight is 488 g/mol. The van der Waals surface area contributed by atoms with Crippen molar-refractivity contribution in [3.8, 4) is 22.1 Å². The molecule has 0 amide bonds. The fraction of sp³-hybridized carbons (Fsp3) is 0.385. The lowest BCUT2D eigenvalue weighted by Crippen LogP contribution is -2.26. The number of nitrogens with zero attached hydrogens (tertiary/aromatic N) is 1. The zero-order valence-corrected chi connectivity index (χ0v) is 20.7. The molecule has 0 fully saturated rings. The number of ether oxygens (including phenoxy) is 3. The molecule has 0 aliphatic carbocycles. The summed E-state index contributed by atoms with van der Waals surface area (Å²) in [7, 11) is 0. The van der Waals surface area contributed by atoms with E-state index in [4.69, 9.17) is 14.2 Å². The van der Waals surface area contributed by atoms with Crippen molar-refractivity contribution in [2.24, 2.45) is 0 Å². The topological polar surface area (TPSA) is 77.9 Å². The largest absolute Gasteiger partial charge is 0.490 e. The van der Waals surface area contributed by atoms with Crippen molar-refractivity contribution in [3.63, 3.8) is 0 Å². The van der Waals surface area contributed by atoms with E-state index in [-0.39, 0.29) is 30.9 Å².